The highest BCUT2D eigenvalue weighted by atomic mass is 16.7. The van der Waals surface area contributed by atoms with Gasteiger partial charge in [-0.15, -0.1) is 0 Å². The molecular weight excluding hydrogens is 280 g/mol. The Morgan fingerprint density at radius 3 is 2.29 bits per heavy atom. The Labute approximate surface area is 118 Å². The number of hydrogen-bond donors (Lipinski definition) is 2. The smallest absolute Gasteiger partial charge is 0.449 e. The molecule has 0 bridgehead atoms. The van der Waals surface area contributed by atoms with Crippen LogP contribution in [-0.4, -0.2) is 22.5 Å². The van der Waals surface area contributed by atoms with E-state index in [1.54, 1.807) is 24.3 Å². The minimum Gasteiger partial charge on any atom is -0.449 e. The van der Waals surface area contributed by atoms with E-state index in [0.29, 0.717) is 5.56 Å². The van der Waals surface area contributed by atoms with Crippen LogP contribution in [0.4, 0.5) is 9.59 Å². The molecule has 0 aliphatic rings. The van der Waals surface area contributed by atoms with E-state index in [2.05, 4.69) is 21.3 Å². The van der Waals surface area contributed by atoms with Crippen molar-refractivity contribution in [3.8, 4) is 23.7 Å². The quantitative estimate of drug-likeness (QED) is 0.646. The Morgan fingerprint density at radius 1 is 1.00 bits per heavy atom. The van der Waals surface area contributed by atoms with Gasteiger partial charge >= 0.3 is 18.3 Å². The molecule has 0 aliphatic carbocycles. The normalized spacial score (nSPS) is 9.33. The molecule has 2 N–H and O–H groups in total. The third-order valence-electron chi connectivity index (χ3n) is 2.16. The van der Waals surface area contributed by atoms with Crippen LogP contribution >= 0.6 is 0 Å². The van der Waals surface area contributed by atoms with Crippen molar-refractivity contribution in [2.24, 2.45) is 0 Å². The SMILES string of the molecule is O=C(O)Oc1cc(C#Cc2ccccc2)c(OC(=O)O)o1. The summed E-state index contributed by atoms with van der Waals surface area (Å²) in [6.07, 6.45) is -3.22. The fraction of sp³-hybridized carbons (Fsp3) is 0. The molecule has 1 aromatic carbocycles. The van der Waals surface area contributed by atoms with Crippen molar-refractivity contribution in [3.05, 3.63) is 47.5 Å². The van der Waals surface area contributed by atoms with Crippen LogP contribution in [0.15, 0.2) is 40.8 Å². The second-order valence-corrected chi connectivity index (χ2v) is 3.62. The Morgan fingerprint density at radius 2 is 1.67 bits per heavy atom. The van der Waals surface area contributed by atoms with Gasteiger partial charge in [0, 0.05) is 11.6 Å². The van der Waals surface area contributed by atoms with Crippen LogP contribution in [0.25, 0.3) is 0 Å². The molecule has 0 spiro atoms. The molecule has 1 heterocycles. The molecule has 1 aromatic heterocycles. The first-order valence-electron chi connectivity index (χ1n) is 5.57. The predicted octanol–water partition coefficient (Wildman–Crippen LogP) is 2.79. The molecule has 21 heavy (non-hydrogen) atoms. The Kier molecular flexibility index (Phi) is 4.11. The maximum absolute atomic E-state index is 10.5. The summed E-state index contributed by atoms with van der Waals surface area (Å²) in [5.41, 5.74) is 0.734. The highest BCUT2D eigenvalue weighted by Crippen LogP contribution is 2.28. The zero-order chi connectivity index (χ0) is 15.2. The van der Waals surface area contributed by atoms with Crippen molar-refractivity contribution < 1.29 is 33.7 Å². The first kappa shape index (κ1) is 14.0. The summed E-state index contributed by atoms with van der Waals surface area (Å²) in [6, 6.07) is 10.0. The lowest BCUT2D eigenvalue weighted by atomic mass is 10.2. The zero-order valence-corrected chi connectivity index (χ0v) is 10.4. The number of hydrogen-bond acceptors (Lipinski definition) is 5. The van der Waals surface area contributed by atoms with E-state index in [1.165, 1.54) is 0 Å². The van der Waals surface area contributed by atoms with E-state index in [0.717, 1.165) is 6.07 Å². The molecule has 0 radical (unpaired) electrons. The van der Waals surface area contributed by atoms with Gasteiger partial charge in [-0.1, -0.05) is 30.0 Å². The van der Waals surface area contributed by atoms with Crippen molar-refractivity contribution in [1.82, 2.24) is 0 Å². The molecule has 0 amide bonds. The van der Waals surface area contributed by atoms with E-state index < -0.39 is 24.2 Å². The number of carboxylic acid groups (broad SMARTS) is 2. The molecule has 106 valence electrons. The Bertz CT molecular complexity index is 719. The van der Waals surface area contributed by atoms with Crippen LogP contribution in [0.2, 0.25) is 0 Å². The van der Waals surface area contributed by atoms with Gasteiger partial charge in [-0.2, -0.15) is 0 Å². The number of benzene rings is 1. The second kappa shape index (κ2) is 6.16. The highest BCUT2D eigenvalue weighted by Gasteiger charge is 2.17. The number of ether oxygens (including phenoxy) is 2. The van der Waals surface area contributed by atoms with Gasteiger partial charge in [-0.05, 0) is 12.1 Å². The fourth-order valence-electron chi connectivity index (χ4n) is 1.39. The predicted molar refractivity (Wildman–Crippen MR) is 68.4 cm³/mol. The van der Waals surface area contributed by atoms with E-state index in [4.69, 9.17) is 14.6 Å². The minimum absolute atomic E-state index is 0.0532. The first-order valence-corrected chi connectivity index (χ1v) is 5.57. The molecule has 2 rings (SSSR count). The summed E-state index contributed by atoms with van der Waals surface area (Å²) in [7, 11) is 0. The maximum Gasteiger partial charge on any atom is 0.513 e. The number of carbonyl (C=O) groups is 2. The molecule has 0 atom stereocenters. The zero-order valence-electron chi connectivity index (χ0n) is 10.4. The first-order chi connectivity index (χ1) is 10.0. The molecule has 7 heteroatoms. The summed E-state index contributed by atoms with van der Waals surface area (Å²) < 4.78 is 13.5. The lowest BCUT2D eigenvalue weighted by molar-refractivity contribution is 0.120. The fourth-order valence-corrected chi connectivity index (χ4v) is 1.39. The molecule has 7 nitrogen and oxygen atoms in total. The summed E-state index contributed by atoms with van der Waals surface area (Å²) in [4.78, 5) is 21.0. The van der Waals surface area contributed by atoms with Gasteiger partial charge < -0.3 is 24.1 Å². The summed E-state index contributed by atoms with van der Waals surface area (Å²) in [5, 5.41) is 17.1. The van der Waals surface area contributed by atoms with Crippen LogP contribution in [0, 0.1) is 11.8 Å². The van der Waals surface area contributed by atoms with Crippen LogP contribution in [0.1, 0.15) is 11.1 Å². The highest BCUT2D eigenvalue weighted by molar-refractivity contribution is 5.64. The third kappa shape index (κ3) is 4.04. The van der Waals surface area contributed by atoms with Crippen molar-refractivity contribution in [2.45, 2.75) is 0 Å². The van der Waals surface area contributed by atoms with E-state index in [1.807, 2.05) is 6.07 Å². The van der Waals surface area contributed by atoms with Crippen molar-refractivity contribution in [2.75, 3.05) is 0 Å². The van der Waals surface area contributed by atoms with Gasteiger partial charge in [0.2, 0.25) is 0 Å². The van der Waals surface area contributed by atoms with E-state index in [-0.39, 0.29) is 5.56 Å². The lowest BCUT2D eigenvalue weighted by Gasteiger charge is -1.94. The van der Waals surface area contributed by atoms with Crippen LogP contribution < -0.4 is 9.47 Å². The third-order valence-corrected chi connectivity index (χ3v) is 2.16. The topological polar surface area (TPSA) is 106 Å². The minimum atomic E-state index is -1.62. The molecule has 0 aliphatic heterocycles. The second-order valence-electron chi connectivity index (χ2n) is 3.62. The molecule has 0 saturated heterocycles. The van der Waals surface area contributed by atoms with Gasteiger partial charge in [0.1, 0.15) is 5.56 Å². The Balaban J connectivity index is 2.32. The lowest BCUT2D eigenvalue weighted by Crippen LogP contribution is -2.03. The standard InChI is InChI=1S/C14H8O7/c15-13(16)20-11-8-10(12(19-11)21-14(17)18)7-6-9-4-2-1-3-5-9/h1-5,8H,(H,15,16)(H,17,18). The van der Waals surface area contributed by atoms with Gasteiger partial charge in [-0.25, -0.2) is 9.59 Å². The van der Waals surface area contributed by atoms with Crippen LogP contribution in [0.5, 0.6) is 11.9 Å². The van der Waals surface area contributed by atoms with Crippen molar-refractivity contribution in [3.63, 3.8) is 0 Å². The number of rotatable bonds is 2. The number of furan rings is 1. The maximum atomic E-state index is 10.5. The molecular formula is C14H8O7. The van der Waals surface area contributed by atoms with Gasteiger partial charge in [0.05, 0.1) is 0 Å². The largest absolute Gasteiger partial charge is 0.513 e. The summed E-state index contributed by atoms with van der Waals surface area (Å²) >= 11 is 0. The summed E-state index contributed by atoms with van der Waals surface area (Å²) in [6.45, 7) is 0. The molecule has 2 aromatic rings. The van der Waals surface area contributed by atoms with Gasteiger partial charge in [-0.3, -0.25) is 0 Å². The molecule has 0 unspecified atom stereocenters. The van der Waals surface area contributed by atoms with Crippen molar-refractivity contribution >= 4 is 12.3 Å². The van der Waals surface area contributed by atoms with Crippen molar-refractivity contribution in [1.29, 1.82) is 0 Å². The van der Waals surface area contributed by atoms with Gasteiger partial charge in [0.15, 0.2) is 0 Å². The van der Waals surface area contributed by atoms with Gasteiger partial charge in [0.25, 0.3) is 5.95 Å². The average molecular weight is 288 g/mol. The molecule has 0 fully saturated rings. The average Bonchev–Trinajstić information content (AvgIpc) is 2.77. The van der Waals surface area contributed by atoms with E-state index >= 15 is 0 Å². The Hall–Kier alpha value is -3.40. The van der Waals surface area contributed by atoms with E-state index in [9.17, 15) is 9.59 Å². The van der Waals surface area contributed by atoms with Crippen LogP contribution in [0.3, 0.4) is 0 Å². The van der Waals surface area contributed by atoms with Crippen LogP contribution in [-0.2, 0) is 0 Å². The summed E-state index contributed by atoms with van der Waals surface area (Å²) in [5.74, 6) is 4.49. The monoisotopic (exact) mass is 288 g/mol. The molecule has 0 saturated carbocycles.